The number of carbonyl (C=O) groups excluding carboxylic acids is 1. The minimum absolute atomic E-state index is 0.0230. The molecule has 126 valence electrons. The predicted molar refractivity (Wildman–Crippen MR) is 90.3 cm³/mol. The van der Waals surface area contributed by atoms with Crippen molar-refractivity contribution in [2.45, 2.75) is 32.9 Å². The average molecular weight is 327 g/mol. The van der Waals surface area contributed by atoms with Gasteiger partial charge in [-0.1, -0.05) is 18.2 Å². The van der Waals surface area contributed by atoms with E-state index in [1.807, 2.05) is 56.3 Å². The molecule has 0 atom stereocenters. The topological polar surface area (TPSA) is 56.8 Å². The zero-order valence-electron chi connectivity index (χ0n) is 13.9. The second-order valence-electron chi connectivity index (χ2n) is 5.95. The van der Waals surface area contributed by atoms with Crippen molar-refractivity contribution < 1.29 is 19.0 Å². The standard InChI is InChI=1S/C19H21NO4/c1-13(2)24-16-6-3-14(4-7-16)10-19(21)20-11-15-5-8-17-18(9-15)23-12-22-17/h3-9,13H,10-12H2,1-2H3,(H,20,21). The summed E-state index contributed by atoms with van der Waals surface area (Å²) < 4.78 is 16.2. The minimum atomic E-state index is -0.0230. The molecule has 0 fully saturated rings. The molecular formula is C19H21NO4. The van der Waals surface area contributed by atoms with Crippen LogP contribution in [0.2, 0.25) is 0 Å². The molecule has 0 bridgehead atoms. The molecule has 1 heterocycles. The Morgan fingerprint density at radius 1 is 1.08 bits per heavy atom. The van der Waals surface area contributed by atoms with Crippen molar-refractivity contribution in [3.63, 3.8) is 0 Å². The van der Waals surface area contributed by atoms with Gasteiger partial charge in [-0.05, 0) is 49.2 Å². The first kappa shape index (κ1) is 16.2. The van der Waals surface area contributed by atoms with Crippen LogP contribution in [0.5, 0.6) is 17.2 Å². The number of rotatable bonds is 6. The van der Waals surface area contributed by atoms with Gasteiger partial charge < -0.3 is 19.5 Å². The van der Waals surface area contributed by atoms with Gasteiger partial charge in [0, 0.05) is 6.54 Å². The summed E-state index contributed by atoms with van der Waals surface area (Å²) in [5, 5.41) is 2.92. The molecule has 0 aromatic heterocycles. The Hall–Kier alpha value is -2.69. The number of fused-ring (bicyclic) bond motifs is 1. The molecule has 1 amide bonds. The Balaban J connectivity index is 1.50. The van der Waals surface area contributed by atoms with E-state index in [4.69, 9.17) is 14.2 Å². The Bertz CT molecular complexity index is 710. The number of amides is 1. The summed E-state index contributed by atoms with van der Waals surface area (Å²) in [6.07, 6.45) is 0.479. The third-order valence-corrected chi connectivity index (χ3v) is 3.59. The molecule has 0 aliphatic carbocycles. The molecule has 1 aliphatic heterocycles. The highest BCUT2D eigenvalue weighted by atomic mass is 16.7. The number of nitrogens with one attached hydrogen (secondary N) is 1. The van der Waals surface area contributed by atoms with Gasteiger partial charge in [0.25, 0.3) is 0 Å². The van der Waals surface area contributed by atoms with E-state index in [9.17, 15) is 4.79 Å². The lowest BCUT2D eigenvalue weighted by molar-refractivity contribution is -0.120. The summed E-state index contributed by atoms with van der Waals surface area (Å²) in [4.78, 5) is 12.1. The second-order valence-corrected chi connectivity index (χ2v) is 5.95. The quantitative estimate of drug-likeness (QED) is 0.886. The normalized spacial score (nSPS) is 12.3. The van der Waals surface area contributed by atoms with Crippen LogP contribution in [0.3, 0.4) is 0 Å². The van der Waals surface area contributed by atoms with Gasteiger partial charge in [0.15, 0.2) is 11.5 Å². The summed E-state index contributed by atoms with van der Waals surface area (Å²) in [5.74, 6) is 2.26. The lowest BCUT2D eigenvalue weighted by Gasteiger charge is -2.10. The van der Waals surface area contributed by atoms with E-state index in [1.165, 1.54) is 0 Å². The zero-order chi connectivity index (χ0) is 16.9. The first-order chi connectivity index (χ1) is 11.6. The maximum absolute atomic E-state index is 12.1. The summed E-state index contributed by atoms with van der Waals surface area (Å²) in [5.41, 5.74) is 1.93. The molecule has 0 unspecified atom stereocenters. The van der Waals surface area contributed by atoms with Crippen molar-refractivity contribution in [1.82, 2.24) is 5.32 Å². The molecule has 0 saturated carbocycles. The summed E-state index contributed by atoms with van der Waals surface area (Å²) in [6.45, 7) is 4.68. The first-order valence-corrected chi connectivity index (χ1v) is 8.01. The third-order valence-electron chi connectivity index (χ3n) is 3.59. The Morgan fingerprint density at radius 3 is 2.54 bits per heavy atom. The van der Waals surface area contributed by atoms with Crippen LogP contribution < -0.4 is 19.5 Å². The lowest BCUT2D eigenvalue weighted by Crippen LogP contribution is -2.24. The number of hydrogen-bond acceptors (Lipinski definition) is 4. The number of benzene rings is 2. The Kier molecular flexibility index (Phi) is 4.89. The molecule has 3 rings (SSSR count). The molecule has 1 aliphatic rings. The lowest BCUT2D eigenvalue weighted by atomic mass is 10.1. The molecule has 1 N–H and O–H groups in total. The van der Waals surface area contributed by atoms with E-state index in [1.54, 1.807) is 0 Å². The fourth-order valence-corrected chi connectivity index (χ4v) is 2.46. The molecule has 24 heavy (non-hydrogen) atoms. The fourth-order valence-electron chi connectivity index (χ4n) is 2.46. The van der Waals surface area contributed by atoms with Gasteiger partial charge in [-0.3, -0.25) is 4.79 Å². The molecule has 2 aromatic carbocycles. The maximum atomic E-state index is 12.1. The van der Waals surface area contributed by atoms with Gasteiger partial charge in [0.05, 0.1) is 12.5 Å². The van der Waals surface area contributed by atoms with Crippen LogP contribution in [0, 0.1) is 0 Å². The summed E-state index contributed by atoms with van der Waals surface area (Å²) in [7, 11) is 0. The average Bonchev–Trinajstić information content (AvgIpc) is 3.02. The monoisotopic (exact) mass is 327 g/mol. The van der Waals surface area contributed by atoms with Gasteiger partial charge >= 0.3 is 0 Å². The largest absolute Gasteiger partial charge is 0.491 e. The van der Waals surface area contributed by atoms with Crippen LogP contribution in [-0.4, -0.2) is 18.8 Å². The van der Waals surface area contributed by atoms with Crippen LogP contribution in [0.25, 0.3) is 0 Å². The van der Waals surface area contributed by atoms with Gasteiger partial charge in [0.1, 0.15) is 5.75 Å². The van der Waals surface area contributed by atoms with Gasteiger partial charge in [-0.15, -0.1) is 0 Å². The summed E-state index contributed by atoms with van der Waals surface area (Å²) >= 11 is 0. The van der Waals surface area contributed by atoms with E-state index in [0.717, 1.165) is 28.4 Å². The van der Waals surface area contributed by atoms with Crippen LogP contribution >= 0.6 is 0 Å². The van der Waals surface area contributed by atoms with Crippen LogP contribution in [-0.2, 0) is 17.8 Å². The summed E-state index contributed by atoms with van der Waals surface area (Å²) in [6, 6.07) is 13.3. The highest BCUT2D eigenvalue weighted by Gasteiger charge is 2.13. The predicted octanol–water partition coefficient (Wildman–Crippen LogP) is 3.06. The highest BCUT2D eigenvalue weighted by molar-refractivity contribution is 5.78. The highest BCUT2D eigenvalue weighted by Crippen LogP contribution is 2.32. The maximum Gasteiger partial charge on any atom is 0.231 e. The van der Waals surface area contributed by atoms with E-state index >= 15 is 0 Å². The number of ether oxygens (including phenoxy) is 3. The molecule has 0 saturated heterocycles. The molecule has 0 spiro atoms. The van der Waals surface area contributed by atoms with Crippen molar-refractivity contribution in [1.29, 1.82) is 0 Å². The van der Waals surface area contributed by atoms with Crippen LogP contribution in [0.1, 0.15) is 25.0 Å². The second kappa shape index (κ2) is 7.25. The molecule has 5 heteroatoms. The van der Waals surface area contributed by atoms with Crippen molar-refractivity contribution >= 4 is 5.91 Å². The number of hydrogen-bond donors (Lipinski definition) is 1. The smallest absolute Gasteiger partial charge is 0.231 e. The van der Waals surface area contributed by atoms with Crippen LogP contribution in [0.4, 0.5) is 0 Å². The van der Waals surface area contributed by atoms with E-state index in [0.29, 0.717) is 13.0 Å². The zero-order valence-corrected chi connectivity index (χ0v) is 13.9. The Labute approximate surface area is 141 Å². The van der Waals surface area contributed by atoms with Gasteiger partial charge in [-0.2, -0.15) is 0 Å². The fraction of sp³-hybridized carbons (Fsp3) is 0.316. The molecular weight excluding hydrogens is 306 g/mol. The van der Waals surface area contributed by atoms with E-state index in [-0.39, 0.29) is 18.8 Å². The van der Waals surface area contributed by atoms with Crippen molar-refractivity contribution in [2.24, 2.45) is 0 Å². The Morgan fingerprint density at radius 2 is 1.79 bits per heavy atom. The van der Waals surface area contributed by atoms with Gasteiger partial charge in [0.2, 0.25) is 12.7 Å². The minimum Gasteiger partial charge on any atom is -0.491 e. The molecule has 0 radical (unpaired) electrons. The molecule has 2 aromatic rings. The van der Waals surface area contributed by atoms with Crippen molar-refractivity contribution in [3.05, 3.63) is 53.6 Å². The van der Waals surface area contributed by atoms with Crippen molar-refractivity contribution in [3.8, 4) is 17.2 Å². The third kappa shape index (κ3) is 4.19. The SMILES string of the molecule is CC(C)Oc1ccc(CC(=O)NCc2ccc3c(c2)OCO3)cc1. The first-order valence-electron chi connectivity index (χ1n) is 8.01. The van der Waals surface area contributed by atoms with E-state index < -0.39 is 0 Å². The van der Waals surface area contributed by atoms with Crippen molar-refractivity contribution in [2.75, 3.05) is 6.79 Å². The van der Waals surface area contributed by atoms with Gasteiger partial charge in [-0.25, -0.2) is 0 Å². The van der Waals surface area contributed by atoms with Crippen LogP contribution in [0.15, 0.2) is 42.5 Å². The molecule has 5 nitrogen and oxygen atoms in total. The van der Waals surface area contributed by atoms with E-state index in [2.05, 4.69) is 5.32 Å². The number of carbonyl (C=O) groups is 1.